The van der Waals surface area contributed by atoms with Crippen molar-refractivity contribution < 1.29 is 24.2 Å². The van der Waals surface area contributed by atoms with Crippen LogP contribution in [0.5, 0.6) is 5.75 Å². The monoisotopic (exact) mass is 648 g/mol. The van der Waals surface area contributed by atoms with Gasteiger partial charge in [0, 0.05) is 83.1 Å². The highest BCUT2D eigenvalue weighted by Crippen LogP contribution is 2.27. The summed E-state index contributed by atoms with van der Waals surface area (Å²) in [7, 11) is 0. The highest BCUT2D eigenvalue weighted by Gasteiger charge is 2.36. The summed E-state index contributed by atoms with van der Waals surface area (Å²) in [6.07, 6.45) is 2.69. The summed E-state index contributed by atoms with van der Waals surface area (Å²) in [5, 5.41) is 16.8. The molecule has 2 aromatic rings. The third-order valence-electron chi connectivity index (χ3n) is 10.2. The number of para-hydroxylation sites is 1. The quantitative estimate of drug-likeness (QED) is 0.431. The molecule has 3 saturated heterocycles. The number of fused-ring (bicyclic) bond motifs is 1. The number of piperidine rings is 2. The van der Waals surface area contributed by atoms with Gasteiger partial charge in [-0.05, 0) is 74.3 Å². The lowest BCUT2D eigenvalue weighted by molar-refractivity contribution is -0.142. The van der Waals surface area contributed by atoms with Gasteiger partial charge in [-0.15, -0.1) is 0 Å². The predicted octanol–water partition coefficient (Wildman–Crippen LogP) is 4.14. The van der Waals surface area contributed by atoms with Gasteiger partial charge in [0.2, 0.25) is 0 Å². The molecule has 256 valence electrons. The van der Waals surface area contributed by atoms with Crippen LogP contribution in [-0.2, 0) is 22.4 Å². The summed E-state index contributed by atoms with van der Waals surface area (Å²) in [5.74, 6) is 0.0784. The van der Waals surface area contributed by atoms with Gasteiger partial charge in [-0.2, -0.15) is 0 Å². The number of phenols is 1. The Bertz CT molecular complexity index is 1390. The lowest BCUT2D eigenvalue weighted by Crippen LogP contribution is -2.54. The van der Waals surface area contributed by atoms with E-state index in [1.807, 2.05) is 60.0 Å². The molecule has 11 nitrogen and oxygen atoms in total. The first-order valence-corrected chi connectivity index (χ1v) is 16.9. The number of aryl methyl sites for hydroxylation is 2. The highest BCUT2D eigenvalue weighted by molar-refractivity contribution is 5.91. The molecule has 0 bridgehead atoms. The van der Waals surface area contributed by atoms with Gasteiger partial charge < -0.3 is 35.2 Å². The molecule has 0 unspecified atom stereocenters. The SMILES string of the molecule is C.Cc1cc(C[C@@H](OC(=O)N2CCC(N3CCc4ccccc4NC3=O)CC2)C(=O)N2CCC(N3CCNCC3)CC2)cc(C)c1O. The summed E-state index contributed by atoms with van der Waals surface area (Å²) >= 11 is 0. The smallest absolute Gasteiger partial charge is 0.410 e. The van der Waals surface area contributed by atoms with Crippen LogP contribution in [0.4, 0.5) is 15.3 Å². The molecule has 0 spiro atoms. The molecule has 4 aliphatic rings. The van der Waals surface area contributed by atoms with Crippen molar-refractivity contribution in [2.45, 2.75) is 78.0 Å². The van der Waals surface area contributed by atoms with E-state index in [1.54, 1.807) is 4.90 Å². The maximum Gasteiger partial charge on any atom is 0.410 e. The van der Waals surface area contributed by atoms with Crippen LogP contribution in [-0.4, -0.2) is 120 Å². The second-order valence-electron chi connectivity index (χ2n) is 13.2. The molecule has 0 aromatic heterocycles. The van der Waals surface area contributed by atoms with Crippen LogP contribution in [0.15, 0.2) is 36.4 Å². The molecule has 3 N–H and O–H groups in total. The fourth-order valence-corrected chi connectivity index (χ4v) is 7.55. The zero-order chi connectivity index (χ0) is 32.2. The number of benzene rings is 2. The van der Waals surface area contributed by atoms with E-state index in [2.05, 4.69) is 15.5 Å². The van der Waals surface area contributed by atoms with Crippen LogP contribution >= 0.6 is 0 Å². The normalized spacial score (nSPS) is 20.5. The minimum Gasteiger partial charge on any atom is -0.507 e. The second kappa shape index (κ2) is 15.4. The van der Waals surface area contributed by atoms with E-state index >= 15 is 0 Å². The van der Waals surface area contributed by atoms with Crippen molar-refractivity contribution >= 4 is 23.7 Å². The summed E-state index contributed by atoms with van der Waals surface area (Å²) in [6, 6.07) is 12.0. The number of aromatic hydroxyl groups is 1. The first-order chi connectivity index (χ1) is 22.3. The standard InChI is InChI=1S/C35H48N6O5.CH4/c1-24-21-26(22-25(2)32(24)42)23-31(33(43)39-14-8-28(9-15-39)38-19-12-36-13-20-38)46-35(45)40-16-10-29(11-17-40)41-18-7-27-5-3-4-6-30(27)37-34(41)44;/h3-6,21-22,28-29,31,36,42H,7-20,23H2,1-2H3,(H,37,44);1H4/t31-;/m1./s1. The van der Waals surface area contributed by atoms with E-state index in [4.69, 9.17) is 4.74 Å². The van der Waals surface area contributed by atoms with Crippen molar-refractivity contribution in [2.24, 2.45) is 0 Å². The molecule has 4 heterocycles. The van der Waals surface area contributed by atoms with E-state index in [-0.39, 0.29) is 37.6 Å². The zero-order valence-electron chi connectivity index (χ0n) is 27.2. The minimum absolute atomic E-state index is 0. The van der Waals surface area contributed by atoms with E-state index in [9.17, 15) is 19.5 Å². The summed E-state index contributed by atoms with van der Waals surface area (Å²) in [4.78, 5) is 48.6. The Hall–Kier alpha value is -3.83. The molecule has 11 heteroatoms. The summed E-state index contributed by atoms with van der Waals surface area (Å²) < 4.78 is 6.05. The van der Waals surface area contributed by atoms with Gasteiger partial charge in [0.1, 0.15) is 5.75 Å². The van der Waals surface area contributed by atoms with Crippen molar-refractivity contribution in [3.8, 4) is 5.75 Å². The molecule has 0 radical (unpaired) electrons. The van der Waals surface area contributed by atoms with Gasteiger partial charge in [-0.25, -0.2) is 9.59 Å². The number of ether oxygens (including phenoxy) is 1. The highest BCUT2D eigenvalue weighted by atomic mass is 16.6. The number of phenolic OH excluding ortho intramolecular Hbond substituents is 1. The molecule has 4 aliphatic heterocycles. The number of piperazine rings is 1. The van der Waals surface area contributed by atoms with Crippen LogP contribution in [0.2, 0.25) is 0 Å². The van der Waals surface area contributed by atoms with Crippen molar-refractivity contribution in [1.29, 1.82) is 0 Å². The fraction of sp³-hybridized carbons (Fsp3) is 0.583. The largest absolute Gasteiger partial charge is 0.507 e. The van der Waals surface area contributed by atoms with Crippen LogP contribution in [0.1, 0.15) is 55.4 Å². The molecular weight excluding hydrogens is 596 g/mol. The van der Waals surface area contributed by atoms with Gasteiger partial charge in [0.15, 0.2) is 6.10 Å². The van der Waals surface area contributed by atoms with Crippen molar-refractivity contribution in [1.82, 2.24) is 24.9 Å². The van der Waals surface area contributed by atoms with E-state index in [0.29, 0.717) is 51.6 Å². The average Bonchev–Trinajstić information content (AvgIpc) is 3.25. The van der Waals surface area contributed by atoms with Crippen LogP contribution in [0.25, 0.3) is 0 Å². The second-order valence-corrected chi connectivity index (χ2v) is 13.2. The van der Waals surface area contributed by atoms with Gasteiger partial charge in [0.05, 0.1) is 0 Å². The molecule has 3 fully saturated rings. The van der Waals surface area contributed by atoms with Gasteiger partial charge >= 0.3 is 12.1 Å². The zero-order valence-corrected chi connectivity index (χ0v) is 27.2. The Kier molecular flexibility index (Phi) is 11.3. The molecule has 2 aromatic carbocycles. The Morgan fingerprint density at radius 1 is 0.894 bits per heavy atom. The van der Waals surface area contributed by atoms with Gasteiger partial charge in [-0.3, -0.25) is 9.69 Å². The Morgan fingerprint density at radius 2 is 1.51 bits per heavy atom. The molecule has 6 rings (SSSR count). The number of hydrogen-bond donors (Lipinski definition) is 3. The molecule has 0 saturated carbocycles. The predicted molar refractivity (Wildman–Crippen MR) is 183 cm³/mol. The van der Waals surface area contributed by atoms with Crippen LogP contribution in [0.3, 0.4) is 0 Å². The molecule has 1 atom stereocenters. The fourth-order valence-electron chi connectivity index (χ4n) is 7.55. The first kappa shape index (κ1) is 34.5. The molecule has 0 aliphatic carbocycles. The first-order valence-electron chi connectivity index (χ1n) is 16.9. The number of nitrogens with one attached hydrogen (secondary N) is 2. The number of carbonyl (C=O) groups excluding carboxylic acids is 3. The lowest BCUT2D eigenvalue weighted by atomic mass is 9.98. The third-order valence-corrected chi connectivity index (χ3v) is 10.2. The Balaban J connectivity index is 0.00000433. The molecule has 47 heavy (non-hydrogen) atoms. The van der Waals surface area contributed by atoms with Crippen molar-refractivity contribution in [3.63, 3.8) is 0 Å². The number of anilines is 1. The van der Waals surface area contributed by atoms with Crippen LogP contribution < -0.4 is 10.6 Å². The topological polar surface area (TPSA) is 118 Å². The number of nitrogens with zero attached hydrogens (tertiary/aromatic N) is 4. The summed E-state index contributed by atoms with van der Waals surface area (Å²) in [5.41, 5.74) is 4.29. The molecule has 4 amide bonds. The maximum absolute atomic E-state index is 14.0. The number of urea groups is 1. The summed E-state index contributed by atoms with van der Waals surface area (Å²) in [6.45, 7) is 10.6. The van der Waals surface area contributed by atoms with E-state index in [0.717, 1.165) is 73.4 Å². The van der Waals surface area contributed by atoms with Gasteiger partial charge in [0.25, 0.3) is 5.91 Å². The molecular formula is C36H52N6O5. The lowest BCUT2D eigenvalue weighted by Gasteiger charge is -2.41. The van der Waals surface area contributed by atoms with E-state index in [1.165, 1.54) is 0 Å². The van der Waals surface area contributed by atoms with Crippen molar-refractivity contribution in [3.05, 3.63) is 58.7 Å². The maximum atomic E-state index is 14.0. The Labute approximate surface area is 279 Å². The third kappa shape index (κ3) is 8.01. The number of hydrogen-bond acceptors (Lipinski definition) is 7. The number of likely N-dealkylation sites (tertiary alicyclic amines) is 2. The van der Waals surface area contributed by atoms with E-state index < -0.39 is 12.2 Å². The number of amides is 4. The number of rotatable bonds is 6. The van der Waals surface area contributed by atoms with Crippen LogP contribution in [0, 0.1) is 13.8 Å². The minimum atomic E-state index is -0.959. The Morgan fingerprint density at radius 3 is 2.19 bits per heavy atom. The van der Waals surface area contributed by atoms with Gasteiger partial charge in [-0.1, -0.05) is 37.8 Å². The van der Waals surface area contributed by atoms with Crippen molar-refractivity contribution in [2.75, 3.05) is 64.2 Å². The average molecular weight is 649 g/mol. The number of carbonyl (C=O) groups is 3.